The lowest BCUT2D eigenvalue weighted by Gasteiger charge is -2.45. The fraction of sp³-hybridized carbons (Fsp3) is 0.647. The number of fused-ring (bicyclic) bond motifs is 2. The van der Waals surface area contributed by atoms with E-state index in [0.29, 0.717) is 49.9 Å². The Hall–Kier alpha value is -1.17. The molecule has 3 fully saturated rings. The second-order valence-corrected chi connectivity index (χ2v) is 6.93. The number of aliphatic hydroxyl groups is 1. The Morgan fingerprint density at radius 2 is 2.00 bits per heavy atom. The monoisotopic (exact) mass is 307 g/mol. The molecule has 0 amide bonds. The van der Waals surface area contributed by atoms with Crippen molar-refractivity contribution in [3.05, 3.63) is 29.6 Å². The molecule has 2 bridgehead atoms. The molecule has 22 heavy (non-hydrogen) atoms. The topological polar surface area (TPSA) is 50.7 Å². The Bertz CT molecular complexity index is 549. The largest absolute Gasteiger partial charge is 0.493 e. The minimum Gasteiger partial charge on any atom is -0.493 e. The Morgan fingerprint density at radius 1 is 1.27 bits per heavy atom. The van der Waals surface area contributed by atoms with Gasteiger partial charge in [0, 0.05) is 17.6 Å². The number of rotatable bonds is 4. The predicted molar refractivity (Wildman–Crippen MR) is 79.3 cm³/mol. The van der Waals surface area contributed by atoms with Crippen LogP contribution >= 0.6 is 0 Å². The number of morpholine rings is 1. The van der Waals surface area contributed by atoms with Crippen molar-refractivity contribution in [3.63, 3.8) is 0 Å². The molecule has 2 heterocycles. The first kappa shape index (κ1) is 14.4. The Kier molecular flexibility index (Phi) is 3.59. The molecule has 2 unspecified atom stereocenters. The first-order chi connectivity index (χ1) is 10.6. The molecule has 2 N–H and O–H groups in total. The summed E-state index contributed by atoms with van der Waals surface area (Å²) in [5, 5.41) is 14.6. The van der Waals surface area contributed by atoms with Crippen molar-refractivity contribution in [1.82, 2.24) is 5.32 Å². The molecule has 1 saturated carbocycles. The van der Waals surface area contributed by atoms with Crippen LogP contribution in [0.3, 0.4) is 0 Å². The van der Waals surface area contributed by atoms with E-state index in [-0.39, 0.29) is 17.9 Å². The number of hydrogen-bond acceptors (Lipinski definition) is 4. The molecule has 2 atom stereocenters. The highest BCUT2D eigenvalue weighted by molar-refractivity contribution is 5.39. The number of ether oxygens (including phenoxy) is 2. The second kappa shape index (κ2) is 5.48. The van der Waals surface area contributed by atoms with E-state index >= 15 is 0 Å². The summed E-state index contributed by atoms with van der Waals surface area (Å²) in [5.41, 5.74) is -0.461. The number of nitrogens with one attached hydrogen (secondary N) is 1. The highest BCUT2D eigenvalue weighted by atomic mass is 19.1. The molecule has 0 aromatic heterocycles. The normalized spacial score (nSPS) is 34.5. The van der Waals surface area contributed by atoms with E-state index in [1.165, 1.54) is 25.0 Å². The van der Waals surface area contributed by atoms with Crippen LogP contribution in [0.15, 0.2) is 18.2 Å². The van der Waals surface area contributed by atoms with Crippen LogP contribution in [0.25, 0.3) is 0 Å². The van der Waals surface area contributed by atoms with Crippen molar-refractivity contribution >= 4 is 0 Å². The quantitative estimate of drug-likeness (QED) is 0.893. The summed E-state index contributed by atoms with van der Waals surface area (Å²) < 4.78 is 25.2. The average Bonchev–Trinajstić information content (AvgIpc) is 3.29. The van der Waals surface area contributed by atoms with E-state index in [4.69, 9.17) is 9.47 Å². The van der Waals surface area contributed by atoms with Crippen LogP contribution in [0.2, 0.25) is 0 Å². The van der Waals surface area contributed by atoms with Gasteiger partial charge < -0.3 is 19.9 Å². The highest BCUT2D eigenvalue weighted by Gasteiger charge is 2.44. The van der Waals surface area contributed by atoms with Gasteiger partial charge in [-0.05, 0) is 49.8 Å². The summed E-state index contributed by atoms with van der Waals surface area (Å²) in [6, 6.07) is 4.71. The third-order valence-electron chi connectivity index (χ3n) is 4.89. The van der Waals surface area contributed by atoms with Crippen molar-refractivity contribution in [3.8, 4) is 5.75 Å². The first-order valence-electron chi connectivity index (χ1n) is 8.11. The lowest BCUT2D eigenvalue weighted by molar-refractivity contribution is -0.0813. The summed E-state index contributed by atoms with van der Waals surface area (Å²) >= 11 is 0. The van der Waals surface area contributed by atoms with E-state index in [9.17, 15) is 9.50 Å². The van der Waals surface area contributed by atoms with Crippen LogP contribution in [0.5, 0.6) is 5.75 Å². The molecular weight excluding hydrogens is 285 g/mol. The van der Waals surface area contributed by atoms with Gasteiger partial charge in [0.2, 0.25) is 0 Å². The SMILES string of the molecule is OC1(c2cc(F)ccc2OCC2CC2)CC2COCC(C1)N2. The molecule has 1 aromatic rings. The number of hydrogen-bond donors (Lipinski definition) is 2. The van der Waals surface area contributed by atoms with Gasteiger partial charge in [0.15, 0.2) is 0 Å². The molecule has 0 radical (unpaired) electrons. The van der Waals surface area contributed by atoms with Gasteiger partial charge in [0.05, 0.1) is 25.4 Å². The van der Waals surface area contributed by atoms with Crippen molar-refractivity contribution in [2.75, 3.05) is 19.8 Å². The van der Waals surface area contributed by atoms with E-state index < -0.39 is 5.60 Å². The Labute approximate surface area is 129 Å². The maximum atomic E-state index is 13.8. The summed E-state index contributed by atoms with van der Waals surface area (Å²) in [4.78, 5) is 0. The molecule has 120 valence electrons. The second-order valence-electron chi connectivity index (χ2n) is 6.93. The lowest BCUT2D eigenvalue weighted by atomic mass is 9.77. The summed E-state index contributed by atoms with van der Waals surface area (Å²) in [6.07, 6.45) is 3.44. The van der Waals surface area contributed by atoms with E-state index in [0.717, 1.165) is 0 Å². The zero-order chi connectivity index (χ0) is 15.2. The van der Waals surface area contributed by atoms with Crippen molar-refractivity contribution in [2.45, 2.75) is 43.4 Å². The molecule has 4 rings (SSSR count). The summed E-state index contributed by atoms with van der Waals surface area (Å²) in [5.74, 6) is 0.909. The maximum Gasteiger partial charge on any atom is 0.125 e. The Morgan fingerprint density at radius 3 is 2.68 bits per heavy atom. The fourth-order valence-corrected chi connectivity index (χ4v) is 3.62. The van der Waals surface area contributed by atoms with Gasteiger partial charge >= 0.3 is 0 Å². The molecule has 3 aliphatic rings. The van der Waals surface area contributed by atoms with Crippen LogP contribution in [0.4, 0.5) is 4.39 Å². The zero-order valence-electron chi connectivity index (χ0n) is 12.6. The third kappa shape index (κ3) is 2.85. The minimum atomic E-state index is -1.05. The van der Waals surface area contributed by atoms with Crippen molar-refractivity contribution in [1.29, 1.82) is 0 Å². The highest BCUT2D eigenvalue weighted by Crippen LogP contribution is 2.42. The predicted octanol–water partition coefficient (Wildman–Crippen LogP) is 1.95. The smallest absolute Gasteiger partial charge is 0.125 e. The van der Waals surface area contributed by atoms with E-state index in [2.05, 4.69) is 5.32 Å². The first-order valence-corrected chi connectivity index (χ1v) is 8.11. The summed E-state index contributed by atoms with van der Waals surface area (Å²) in [7, 11) is 0. The van der Waals surface area contributed by atoms with Crippen LogP contribution in [0, 0.1) is 11.7 Å². The average molecular weight is 307 g/mol. The van der Waals surface area contributed by atoms with E-state index in [1.807, 2.05) is 0 Å². The van der Waals surface area contributed by atoms with Gasteiger partial charge in [-0.15, -0.1) is 0 Å². The molecule has 0 spiro atoms. The van der Waals surface area contributed by atoms with Gasteiger partial charge in [-0.25, -0.2) is 4.39 Å². The van der Waals surface area contributed by atoms with Crippen LogP contribution < -0.4 is 10.1 Å². The minimum absolute atomic E-state index is 0.108. The van der Waals surface area contributed by atoms with Gasteiger partial charge in [-0.1, -0.05) is 0 Å². The number of benzene rings is 1. The van der Waals surface area contributed by atoms with E-state index in [1.54, 1.807) is 6.07 Å². The number of piperidine rings is 1. The molecule has 2 aliphatic heterocycles. The maximum absolute atomic E-state index is 13.8. The number of halogens is 1. The molecule has 1 aromatic carbocycles. The zero-order valence-corrected chi connectivity index (χ0v) is 12.6. The van der Waals surface area contributed by atoms with Gasteiger partial charge in [-0.2, -0.15) is 0 Å². The molecule has 2 saturated heterocycles. The standard InChI is InChI=1S/C17H22FNO3/c18-12-3-4-16(22-8-11-1-2-11)15(5-12)17(20)6-13-9-21-10-14(7-17)19-13/h3-5,11,13-14,19-20H,1-2,6-10H2. The van der Waals surface area contributed by atoms with Crippen LogP contribution in [-0.4, -0.2) is 37.0 Å². The summed E-state index contributed by atoms with van der Waals surface area (Å²) in [6.45, 7) is 1.84. The van der Waals surface area contributed by atoms with Crippen molar-refractivity contribution in [2.24, 2.45) is 5.92 Å². The van der Waals surface area contributed by atoms with Crippen LogP contribution in [0.1, 0.15) is 31.2 Å². The van der Waals surface area contributed by atoms with Crippen molar-refractivity contribution < 1.29 is 19.0 Å². The molecule has 4 nitrogen and oxygen atoms in total. The van der Waals surface area contributed by atoms with Gasteiger partial charge in [-0.3, -0.25) is 0 Å². The fourth-order valence-electron chi connectivity index (χ4n) is 3.62. The van der Waals surface area contributed by atoms with Gasteiger partial charge in [0.1, 0.15) is 11.6 Å². The Balaban J connectivity index is 1.62. The lowest BCUT2D eigenvalue weighted by Crippen LogP contribution is -2.58. The molecular formula is C17H22FNO3. The van der Waals surface area contributed by atoms with Gasteiger partial charge in [0.25, 0.3) is 0 Å². The molecule has 1 aliphatic carbocycles. The molecule has 5 heteroatoms. The third-order valence-corrected chi connectivity index (χ3v) is 4.89. The van der Waals surface area contributed by atoms with Crippen LogP contribution in [-0.2, 0) is 10.3 Å².